The first kappa shape index (κ1) is 14.5. The lowest BCUT2D eigenvalue weighted by atomic mass is 10.2. The van der Waals surface area contributed by atoms with Gasteiger partial charge in [0.2, 0.25) is 0 Å². The Hall–Kier alpha value is -1.46. The number of carbonyl (C=O) groups is 1. The van der Waals surface area contributed by atoms with Crippen molar-refractivity contribution in [1.29, 1.82) is 0 Å². The Kier molecular flexibility index (Phi) is 4.22. The van der Waals surface area contributed by atoms with E-state index in [0.717, 1.165) is 17.9 Å². The lowest BCUT2D eigenvalue weighted by molar-refractivity contribution is 0.108. The molecule has 0 radical (unpaired) electrons. The van der Waals surface area contributed by atoms with E-state index >= 15 is 0 Å². The van der Waals surface area contributed by atoms with E-state index in [1.165, 1.54) is 18.4 Å². The zero-order chi connectivity index (χ0) is 14.7. The minimum Gasteiger partial charge on any atom is -0.289 e. The van der Waals surface area contributed by atoms with Crippen molar-refractivity contribution in [3.8, 4) is 0 Å². The Morgan fingerprint density at radius 1 is 1.00 bits per heavy atom. The Labute approximate surface area is 128 Å². The first-order valence-corrected chi connectivity index (χ1v) is 9.26. The van der Waals surface area contributed by atoms with Crippen LogP contribution in [0, 0.1) is 5.41 Å². The van der Waals surface area contributed by atoms with Crippen LogP contribution < -0.4 is 0 Å². The number of rotatable bonds is 6. The van der Waals surface area contributed by atoms with Crippen molar-refractivity contribution < 1.29 is 4.79 Å². The quantitative estimate of drug-likeness (QED) is 0.660. The molecule has 1 aliphatic carbocycles. The van der Waals surface area contributed by atoms with Crippen molar-refractivity contribution in [2.75, 3.05) is 6.16 Å². The van der Waals surface area contributed by atoms with Gasteiger partial charge >= 0.3 is 0 Å². The van der Waals surface area contributed by atoms with Gasteiger partial charge in [-0.15, -0.1) is 0 Å². The molecule has 0 aliphatic heterocycles. The summed E-state index contributed by atoms with van der Waals surface area (Å²) in [5.41, 5.74) is 2.95. The highest BCUT2D eigenvalue weighted by atomic mass is 31.1. The van der Waals surface area contributed by atoms with E-state index in [0.29, 0.717) is 10.9 Å². The SMILES string of the molecule is CC1(CP(Cc2ccccc2)C(=O)c2ccccc2)CC1. The number of benzene rings is 2. The van der Waals surface area contributed by atoms with Gasteiger partial charge in [0.1, 0.15) is 0 Å². The molecule has 1 nitrogen and oxygen atoms in total. The molecule has 2 heteroatoms. The largest absolute Gasteiger partial charge is 0.289 e. The Balaban J connectivity index is 1.80. The molecule has 1 saturated carbocycles. The lowest BCUT2D eigenvalue weighted by Crippen LogP contribution is -2.08. The third-order valence-electron chi connectivity index (χ3n) is 4.20. The zero-order valence-electron chi connectivity index (χ0n) is 12.5. The van der Waals surface area contributed by atoms with Crippen molar-refractivity contribution in [3.63, 3.8) is 0 Å². The first-order valence-electron chi connectivity index (χ1n) is 7.55. The van der Waals surface area contributed by atoms with Crippen LogP contribution >= 0.6 is 7.92 Å². The normalized spacial score (nSPS) is 17.2. The average molecular weight is 296 g/mol. The summed E-state index contributed by atoms with van der Waals surface area (Å²) in [4.78, 5) is 12.9. The lowest BCUT2D eigenvalue weighted by Gasteiger charge is -2.20. The van der Waals surface area contributed by atoms with Crippen molar-refractivity contribution in [2.24, 2.45) is 5.41 Å². The summed E-state index contributed by atoms with van der Waals surface area (Å²) in [6.45, 7) is 2.33. The van der Waals surface area contributed by atoms with Gasteiger partial charge in [-0.25, -0.2) is 0 Å². The smallest absolute Gasteiger partial charge is 0.184 e. The Morgan fingerprint density at radius 3 is 2.14 bits per heavy atom. The second-order valence-corrected chi connectivity index (χ2v) is 8.44. The summed E-state index contributed by atoms with van der Waals surface area (Å²) >= 11 is 0. The van der Waals surface area contributed by atoms with Crippen LogP contribution in [0.4, 0.5) is 0 Å². The van der Waals surface area contributed by atoms with Crippen molar-refractivity contribution in [3.05, 3.63) is 71.8 Å². The van der Waals surface area contributed by atoms with Crippen LogP contribution in [0.5, 0.6) is 0 Å². The van der Waals surface area contributed by atoms with E-state index < -0.39 is 7.92 Å². The molecule has 2 aromatic rings. The molecule has 1 aliphatic rings. The average Bonchev–Trinajstić information content (AvgIpc) is 3.25. The molecule has 1 unspecified atom stereocenters. The minimum atomic E-state index is -0.639. The predicted octanol–water partition coefficient (Wildman–Crippen LogP) is 5.31. The highest BCUT2D eigenvalue weighted by Gasteiger charge is 2.40. The molecular formula is C19H21OP. The maximum Gasteiger partial charge on any atom is 0.184 e. The predicted molar refractivity (Wildman–Crippen MR) is 90.0 cm³/mol. The van der Waals surface area contributed by atoms with Crippen LogP contribution in [0.2, 0.25) is 0 Å². The van der Waals surface area contributed by atoms with Gasteiger partial charge in [0.15, 0.2) is 5.52 Å². The molecule has 1 atom stereocenters. The van der Waals surface area contributed by atoms with Crippen molar-refractivity contribution in [2.45, 2.75) is 25.9 Å². The molecule has 0 N–H and O–H groups in total. The first-order chi connectivity index (χ1) is 10.2. The molecule has 0 bridgehead atoms. The molecule has 3 rings (SSSR count). The maximum atomic E-state index is 12.9. The highest BCUT2D eigenvalue weighted by molar-refractivity contribution is 7.74. The van der Waals surface area contributed by atoms with Crippen LogP contribution in [0.15, 0.2) is 60.7 Å². The monoisotopic (exact) mass is 296 g/mol. The van der Waals surface area contributed by atoms with Gasteiger partial charge in [0.25, 0.3) is 0 Å². The summed E-state index contributed by atoms with van der Waals surface area (Å²) in [5.74, 6) is 0. The molecule has 0 aromatic heterocycles. The van der Waals surface area contributed by atoms with E-state index in [-0.39, 0.29) is 0 Å². The number of hydrogen-bond donors (Lipinski definition) is 0. The van der Waals surface area contributed by atoms with Crippen LogP contribution in [0.25, 0.3) is 0 Å². The summed E-state index contributed by atoms with van der Waals surface area (Å²) in [6.07, 6.45) is 4.55. The third kappa shape index (κ3) is 3.80. The van der Waals surface area contributed by atoms with Gasteiger partial charge in [-0.1, -0.05) is 67.6 Å². The van der Waals surface area contributed by atoms with E-state index in [9.17, 15) is 4.79 Å². The topological polar surface area (TPSA) is 17.1 Å². The Bertz CT molecular complexity index is 602. The fourth-order valence-electron chi connectivity index (χ4n) is 2.60. The van der Waals surface area contributed by atoms with Gasteiger partial charge in [0.05, 0.1) is 0 Å². The van der Waals surface area contributed by atoms with Crippen molar-refractivity contribution >= 4 is 13.4 Å². The standard InChI is InChI=1S/C19H21OP/c1-19(12-13-19)15-21(14-16-8-4-2-5-9-16)18(20)17-10-6-3-7-11-17/h2-11H,12-15H2,1H3. The molecule has 1 fully saturated rings. The van der Waals surface area contributed by atoms with E-state index in [1.807, 2.05) is 36.4 Å². The second kappa shape index (κ2) is 6.12. The highest BCUT2D eigenvalue weighted by Crippen LogP contribution is 2.56. The van der Waals surface area contributed by atoms with Gasteiger partial charge in [0, 0.05) is 5.56 Å². The van der Waals surface area contributed by atoms with Gasteiger partial charge < -0.3 is 0 Å². The molecule has 0 amide bonds. The summed E-state index contributed by atoms with van der Waals surface area (Å²) < 4.78 is 0. The van der Waals surface area contributed by atoms with Gasteiger partial charge in [-0.3, -0.25) is 4.79 Å². The molecule has 108 valence electrons. The van der Waals surface area contributed by atoms with E-state index in [1.54, 1.807) is 0 Å². The second-order valence-electron chi connectivity index (χ2n) is 6.32. The maximum absolute atomic E-state index is 12.9. The number of carbonyl (C=O) groups excluding carboxylic acids is 1. The Morgan fingerprint density at radius 2 is 1.57 bits per heavy atom. The van der Waals surface area contributed by atoms with Crippen LogP contribution in [0.1, 0.15) is 35.7 Å². The summed E-state index contributed by atoms with van der Waals surface area (Å²) in [7, 11) is -0.639. The summed E-state index contributed by atoms with van der Waals surface area (Å²) in [6, 6.07) is 20.3. The number of hydrogen-bond acceptors (Lipinski definition) is 1. The molecular weight excluding hydrogens is 275 g/mol. The zero-order valence-corrected chi connectivity index (χ0v) is 13.4. The third-order valence-corrected chi connectivity index (χ3v) is 6.93. The van der Waals surface area contributed by atoms with Crippen LogP contribution in [-0.2, 0) is 6.16 Å². The van der Waals surface area contributed by atoms with E-state index in [2.05, 4.69) is 31.2 Å². The van der Waals surface area contributed by atoms with E-state index in [4.69, 9.17) is 0 Å². The van der Waals surface area contributed by atoms with Gasteiger partial charge in [-0.2, -0.15) is 0 Å². The molecule has 21 heavy (non-hydrogen) atoms. The molecule has 0 spiro atoms. The molecule has 2 aromatic carbocycles. The van der Waals surface area contributed by atoms with Crippen LogP contribution in [-0.4, -0.2) is 11.7 Å². The van der Waals surface area contributed by atoms with Crippen LogP contribution in [0.3, 0.4) is 0 Å². The minimum absolute atomic E-state index is 0.363. The van der Waals surface area contributed by atoms with Crippen molar-refractivity contribution in [1.82, 2.24) is 0 Å². The molecule has 0 saturated heterocycles. The van der Waals surface area contributed by atoms with Gasteiger partial charge in [-0.05, 0) is 44.1 Å². The fraction of sp³-hybridized carbons (Fsp3) is 0.316. The summed E-state index contributed by atoms with van der Waals surface area (Å²) in [5, 5.41) is 0. The molecule has 0 heterocycles. The fourth-order valence-corrected chi connectivity index (χ4v) is 5.40.